The van der Waals surface area contributed by atoms with Crippen molar-refractivity contribution in [3.8, 4) is 5.75 Å². The number of nitrogens with zero attached hydrogens (tertiary/aromatic N) is 1. The zero-order valence-electron chi connectivity index (χ0n) is 12.8. The van der Waals surface area contributed by atoms with Crippen molar-refractivity contribution in [1.29, 1.82) is 0 Å². The van der Waals surface area contributed by atoms with Crippen molar-refractivity contribution in [3.63, 3.8) is 0 Å². The second-order valence-electron chi connectivity index (χ2n) is 5.23. The lowest BCUT2D eigenvalue weighted by molar-refractivity contribution is -0.160. The average Bonchev–Trinajstić information content (AvgIpc) is 2.95. The Kier molecular flexibility index (Phi) is 5.13. The van der Waals surface area contributed by atoms with Crippen molar-refractivity contribution >= 4 is 17.3 Å². The summed E-state index contributed by atoms with van der Waals surface area (Å²) in [5, 5.41) is 2.88. The Bertz CT molecular complexity index is 637. The largest absolute Gasteiger partial charge is 0.476 e. The minimum atomic E-state index is -1.17. The topological polar surface area (TPSA) is 48.4 Å². The van der Waals surface area contributed by atoms with Gasteiger partial charge >= 0.3 is 5.97 Å². The molecule has 0 spiro atoms. The van der Waals surface area contributed by atoms with E-state index in [2.05, 4.69) is 4.98 Å². The van der Waals surface area contributed by atoms with Gasteiger partial charge in [0.1, 0.15) is 18.2 Å². The molecule has 0 aliphatic carbocycles. The van der Waals surface area contributed by atoms with Crippen LogP contribution in [0.25, 0.3) is 0 Å². The van der Waals surface area contributed by atoms with Gasteiger partial charge in [0.25, 0.3) is 0 Å². The number of thiazole rings is 1. The third kappa shape index (κ3) is 4.27. The van der Waals surface area contributed by atoms with Gasteiger partial charge in [0.2, 0.25) is 0 Å². The van der Waals surface area contributed by atoms with E-state index in [0.717, 1.165) is 17.1 Å². The Morgan fingerprint density at radius 1 is 1.32 bits per heavy atom. The first-order valence-corrected chi connectivity index (χ1v) is 7.84. The maximum Gasteiger partial charge on any atom is 0.350 e. The number of hydrogen-bond acceptors (Lipinski definition) is 5. The standard InChI is InChI=1S/C16H18FNO3S/c1-4-14-18-12(10-22-14)9-20-15(19)16(2,3)21-13-7-5-11(17)6-8-13/h5-8,10H,4,9H2,1-3H3. The van der Waals surface area contributed by atoms with E-state index < -0.39 is 11.6 Å². The van der Waals surface area contributed by atoms with E-state index in [0.29, 0.717) is 5.75 Å². The Labute approximate surface area is 132 Å². The summed E-state index contributed by atoms with van der Waals surface area (Å²) in [6, 6.07) is 5.49. The molecule has 1 heterocycles. The maximum atomic E-state index is 12.9. The van der Waals surface area contributed by atoms with E-state index in [1.54, 1.807) is 25.2 Å². The van der Waals surface area contributed by atoms with Gasteiger partial charge in [-0.1, -0.05) is 6.92 Å². The smallest absolute Gasteiger partial charge is 0.350 e. The molecule has 0 radical (unpaired) electrons. The van der Waals surface area contributed by atoms with Gasteiger partial charge in [0, 0.05) is 5.38 Å². The quantitative estimate of drug-likeness (QED) is 0.760. The lowest BCUT2D eigenvalue weighted by Gasteiger charge is -2.24. The van der Waals surface area contributed by atoms with Crippen molar-refractivity contribution in [1.82, 2.24) is 4.98 Å². The highest BCUT2D eigenvalue weighted by Crippen LogP contribution is 2.20. The summed E-state index contributed by atoms with van der Waals surface area (Å²) >= 11 is 1.54. The van der Waals surface area contributed by atoms with Crippen LogP contribution in [0.3, 0.4) is 0 Å². The van der Waals surface area contributed by atoms with Crippen molar-refractivity contribution in [2.24, 2.45) is 0 Å². The van der Waals surface area contributed by atoms with Crippen LogP contribution < -0.4 is 4.74 Å². The van der Waals surface area contributed by atoms with Crippen LogP contribution in [-0.2, 0) is 22.6 Å². The van der Waals surface area contributed by atoms with Crippen LogP contribution in [0.2, 0.25) is 0 Å². The number of hydrogen-bond donors (Lipinski definition) is 0. The minimum Gasteiger partial charge on any atom is -0.476 e. The summed E-state index contributed by atoms with van der Waals surface area (Å²) < 4.78 is 23.7. The van der Waals surface area contributed by atoms with E-state index in [9.17, 15) is 9.18 Å². The molecule has 118 valence electrons. The first kappa shape index (κ1) is 16.4. The second-order valence-corrected chi connectivity index (χ2v) is 6.17. The van der Waals surface area contributed by atoms with Gasteiger partial charge in [-0.05, 0) is 44.5 Å². The van der Waals surface area contributed by atoms with Crippen molar-refractivity contribution in [3.05, 3.63) is 46.2 Å². The third-order valence-corrected chi connectivity index (χ3v) is 3.97. The summed E-state index contributed by atoms with van der Waals surface area (Å²) in [4.78, 5) is 16.5. The van der Waals surface area contributed by atoms with Gasteiger partial charge in [0.15, 0.2) is 5.60 Å². The molecule has 4 nitrogen and oxygen atoms in total. The van der Waals surface area contributed by atoms with E-state index in [-0.39, 0.29) is 12.4 Å². The van der Waals surface area contributed by atoms with Crippen LogP contribution in [0.5, 0.6) is 5.75 Å². The van der Waals surface area contributed by atoms with E-state index >= 15 is 0 Å². The Morgan fingerprint density at radius 3 is 2.59 bits per heavy atom. The normalized spacial score (nSPS) is 11.3. The molecule has 0 amide bonds. The highest BCUT2D eigenvalue weighted by molar-refractivity contribution is 7.09. The predicted octanol–water partition coefficient (Wildman–Crippen LogP) is 3.75. The lowest BCUT2D eigenvalue weighted by Crippen LogP contribution is -2.39. The second kappa shape index (κ2) is 6.87. The summed E-state index contributed by atoms with van der Waals surface area (Å²) in [5.74, 6) is -0.448. The number of benzene rings is 1. The third-order valence-electron chi connectivity index (χ3n) is 2.93. The van der Waals surface area contributed by atoms with Gasteiger partial charge in [-0.25, -0.2) is 14.2 Å². The molecule has 1 aromatic heterocycles. The van der Waals surface area contributed by atoms with Gasteiger partial charge in [0.05, 0.1) is 10.7 Å². The fourth-order valence-electron chi connectivity index (χ4n) is 1.73. The van der Waals surface area contributed by atoms with Gasteiger partial charge in [-0.2, -0.15) is 0 Å². The summed E-state index contributed by atoms with van der Waals surface area (Å²) in [6.45, 7) is 5.36. The summed E-state index contributed by atoms with van der Waals surface area (Å²) in [7, 11) is 0. The van der Waals surface area contributed by atoms with Crippen LogP contribution in [0, 0.1) is 5.82 Å². The maximum absolute atomic E-state index is 12.9. The molecule has 0 saturated carbocycles. The fraction of sp³-hybridized carbons (Fsp3) is 0.375. The number of aromatic nitrogens is 1. The molecule has 0 bridgehead atoms. The number of rotatable bonds is 6. The van der Waals surface area contributed by atoms with Gasteiger partial charge in [-0.3, -0.25) is 0 Å². The number of halogens is 1. The number of esters is 1. The molecule has 0 fully saturated rings. The summed E-state index contributed by atoms with van der Waals surface area (Å²) in [6.07, 6.45) is 0.859. The zero-order chi connectivity index (χ0) is 16.2. The van der Waals surface area contributed by atoms with Crippen LogP contribution >= 0.6 is 11.3 Å². The average molecular weight is 323 g/mol. The predicted molar refractivity (Wildman–Crippen MR) is 82.4 cm³/mol. The lowest BCUT2D eigenvalue weighted by atomic mass is 10.1. The summed E-state index contributed by atoms with van der Waals surface area (Å²) in [5.41, 5.74) is -0.436. The van der Waals surface area contributed by atoms with Crippen LogP contribution in [0.4, 0.5) is 4.39 Å². The molecular weight excluding hydrogens is 305 g/mol. The molecule has 1 aromatic carbocycles. The molecule has 0 saturated heterocycles. The first-order chi connectivity index (χ1) is 10.4. The number of ether oxygens (including phenoxy) is 2. The highest BCUT2D eigenvalue weighted by Gasteiger charge is 2.32. The van der Waals surface area contributed by atoms with Crippen LogP contribution in [0.15, 0.2) is 29.6 Å². The molecule has 6 heteroatoms. The fourth-order valence-corrected chi connectivity index (χ4v) is 2.46. The molecule has 2 aromatic rings. The molecule has 22 heavy (non-hydrogen) atoms. The number of carbonyl (C=O) groups is 1. The molecule has 2 rings (SSSR count). The molecular formula is C16H18FNO3S. The van der Waals surface area contributed by atoms with Crippen molar-refractivity contribution in [2.75, 3.05) is 0 Å². The van der Waals surface area contributed by atoms with Crippen molar-refractivity contribution in [2.45, 2.75) is 39.4 Å². The molecule has 0 aliphatic heterocycles. The molecule has 0 atom stereocenters. The molecule has 0 aliphatic rings. The monoisotopic (exact) mass is 323 g/mol. The molecule has 0 unspecified atom stereocenters. The van der Waals surface area contributed by atoms with E-state index in [1.165, 1.54) is 24.3 Å². The Balaban J connectivity index is 1.93. The molecule has 0 N–H and O–H groups in total. The van der Waals surface area contributed by atoms with E-state index in [4.69, 9.17) is 9.47 Å². The highest BCUT2D eigenvalue weighted by atomic mass is 32.1. The first-order valence-electron chi connectivity index (χ1n) is 6.96. The van der Waals surface area contributed by atoms with Gasteiger partial charge < -0.3 is 9.47 Å². The zero-order valence-corrected chi connectivity index (χ0v) is 13.6. The van der Waals surface area contributed by atoms with Gasteiger partial charge in [-0.15, -0.1) is 11.3 Å². The SMILES string of the molecule is CCc1nc(COC(=O)C(C)(C)Oc2ccc(F)cc2)cs1. The van der Waals surface area contributed by atoms with Crippen LogP contribution in [0.1, 0.15) is 31.5 Å². The number of aryl methyl sites for hydroxylation is 1. The van der Waals surface area contributed by atoms with E-state index in [1.807, 2.05) is 12.3 Å². The minimum absolute atomic E-state index is 0.117. The Morgan fingerprint density at radius 2 is 2.00 bits per heavy atom. The van der Waals surface area contributed by atoms with Crippen LogP contribution in [-0.4, -0.2) is 16.6 Å². The number of carbonyl (C=O) groups excluding carboxylic acids is 1. The Hall–Kier alpha value is -1.95. The van der Waals surface area contributed by atoms with Crippen molar-refractivity contribution < 1.29 is 18.7 Å².